The molecular formula is C22H20FNO2. The van der Waals surface area contributed by atoms with E-state index in [4.69, 9.17) is 4.74 Å². The lowest BCUT2D eigenvalue weighted by Gasteiger charge is -2.10. The highest BCUT2D eigenvalue weighted by atomic mass is 19.1. The fraction of sp³-hybridized carbons (Fsp3) is 0.136. The van der Waals surface area contributed by atoms with Crippen molar-refractivity contribution >= 4 is 11.6 Å². The number of ether oxygens (including phenoxy) is 1. The molecule has 3 aromatic carbocycles. The van der Waals surface area contributed by atoms with Crippen molar-refractivity contribution in [3.05, 3.63) is 95.3 Å². The van der Waals surface area contributed by atoms with E-state index in [-0.39, 0.29) is 18.1 Å². The summed E-state index contributed by atoms with van der Waals surface area (Å²) in [7, 11) is 0. The maximum absolute atomic E-state index is 13.1. The van der Waals surface area contributed by atoms with Gasteiger partial charge in [-0.1, -0.05) is 42.5 Å². The lowest BCUT2D eigenvalue weighted by atomic mass is 10.1. The van der Waals surface area contributed by atoms with Gasteiger partial charge in [-0.2, -0.15) is 0 Å². The molecule has 0 aliphatic heterocycles. The van der Waals surface area contributed by atoms with Crippen molar-refractivity contribution in [2.24, 2.45) is 0 Å². The van der Waals surface area contributed by atoms with Gasteiger partial charge < -0.3 is 10.1 Å². The average Bonchev–Trinajstić information content (AvgIpc) is 2.63. The van der Waals surface area contributed by atoms with E-state index in [1.165, 1.54) is 12.1 Å². The van der Waals surface area contributed by atoms with E-state index < -0.39 is 0 Å². The normalized spacial score (nSPS) is 10.4. The molecule has 3 aromatic rings. The van der Waals surface area contributed by atoms with Crippen LogP contribution in [0.5, 0.6) is 5.75 Å². The number of halogens is 1. The van der Waals surface area contributed by atoms with Crippen molar-refractivity contribution < 1.29 is 13.9 Å². The predicted molar refractivity (Wildman–Crippen MR) is 101 cm³/mol. The molecule has 3 rings (SSSR count). The molecule has 3 nitrogen and oxygen atoms in total. The third kappa shape index (κ3) is 4.93. The molecule has 0 aliphatic rings. The molecule has 26 heavy (non-hydrogen) atoms. The summed E-state index contributed by atoms with van der Waals surface area (Å²) >= 11 is 0. The first-order chi connectivity index (χ1) is 12.6. The van der Waals surface area contributed by atoms with Gasteiger partial charge in [0.2, 0.25) is 5.91 Å². The molecule has 0 atom stereocenters. The van der Waals surface area contributed by atoms with Gasteiger partial charge >= 0.3 is 0 Å². The van der Waals surface area contributed by atoms with Gasteiger partial charge in [-0.05, 0) is 53.9 Å². The minimum atomic E-state index is -0.316. The van der Waals surface area contributed by atoms with E-state index in [0.29, 0.717) is 17.9 Å². The highest BCUT2D eigenvalue weighted by Crippen LogP contribution is 2.18. The molecule has 0 aromatic heterocycles. The third-order valence-electron chi connectivity index (χ3n) is 3.97. The van der Waals surface area contributed by atoms with E-state index in [9.17, 15) is 9.18 Å². The van der Waals surface area contributed by atoms with Crippen LogP contribution in [0.3, 0.4) is 0 Å². The number of hydrogen-bond acceptors (Lipinski definition) is 2. The van der Waals surface area contributed by atoms with Crippen LogP contribution >= 0.6 is 0 Å². The number of hydrogen-bond donors (Lipinski definition) is 1. The standard InChI is InChI=1S/C22H20FNO2/c1-16-12-19(23)10-11-21(16)24-22(25)14-18-8-5-9-20(13-18)26-15-17-6-3-2-4-7-17/h2-13H,14-15H2,1H3,(H,24,25). The summed E-state index contributed by atoms with van der Waals surface area (Å²) in [6.07, 6.45) is 0.222. The van der Waals surface area contributed by atoms with E-state index in [0.717, 1.165) is 16.9 Å². The Morgan fingerprint density at radius 2 is 1.73 bits per heavy atom. The largest absolute Gasteiger partial charge is 0.489 e. The van der Waals surface area contributed by atoms with Gasteiger partial charge in [-0.3, -0.25) is 4.79 Å². The number of aryl methyl sites for hydroxylation is 1. The highest BCUT2D eigenvalue weighted by Gasteiger charge is 2.08. The summed E-state index contributed by atoms with van der Waals surface area (Å²) in [5.41, 5.74) is 3.25. The van der Waals surface area contributed by atoms with Crippen LogP contribution in [0.4, 0.5) is 10.1 Å². The molecule has 0 heterocycles. The molecule has 0 saturated carbocycles. The van der Waals surface area contributed by atoms with Crippen LogP contribution in [0, 0.1) is 12.7 Å². The van der Waals surface area contributed by atoms with Crippen molar-refractivity contribution in [1.82, 2.24) is 0 Å². The Kier molecular flexibility index (Phi) is 5.64. The second-order valence-electron chi connectivity index (χ2n) is 6.11. The summed E-state index contributed by atoms with van der Waals surface area (Å²) in [6, 6.07) is 21.7. The van der Waals surface area contributed by atoms with Crippen LogP contribution in [-0.2, 0) is 17.8 Å². The molecule has 132 valence electrons. The van der Waals surface area contributed by atoms with Crippen LogP contribution in [0.1, 0.15) is 16.7 Å². The minimum Gasteiger partial charge on any atom is -0.489 e. The number of amides is 1. The lowest BCUT2D eigenvalue weighted by molar-refractivity contribution is -0.115. The summed E-state index contributed by atoms with van der Waals surface area (Å²) in [4.78, 5) is 12.3. The monoisotopic (exact) mass is 349 g/mol. The topological polar surface area (TPSA) is 38.3 Å². The predicted octanol–water partition coefficient (Wildman–Crippen LogP) is 4.89. The van der Waals surface area contributed by atoms with Crippen LogP contribution < -0.4 is 10.1 Å². The first kappa shape index (κ1) is 17.7. The Bertz CT molecular complexity index is 894. The number of rotatable bonds is 6. The van der Waals surface area contributed by atoms with Crippen LogP contribution in [0.15, 0.2) is 72.8 Å². The molecule has 1 N–H and O–H groups in total. The quantitative estimate of drug-likeness (QED) is 0.688. The molecule has 0 aliphatic carbocycles. The second kappa shape index (κ2) is 8.30. The van der Waals surface area contributed by atoms with Crippen molar-refractivity contribution in [2.75, 3.05) is 5.32 Å². The fourth-order valence-electron chi connectivity index (χ4n) is 2.63. The summed E-state index contributed by atoms with van der Waals surface area (Å²) in [5.74, 6) is 0.251. The molecule has 0 unspecified atom stereocenters. The Morgan fingerprint density at radius 1 is 0.962 bits per heavy atom. The van der Waals surface area contributed by atoms with Crippen molar-refractivity contribution in [1.29, 1.82) is 0 Å². The molecule has 1 amide bonds. The van der Waals surface area contributed by atoms with Crippen molar-refractivity contribution in [3.8, 4) is 5.75 Å². The average molecular weight is 349 g/mol. The van der Waals surface area contributed by atoms with Crippen molar-refractivity contribution in [2.45, 2.75) is 20.0 Å². The first-order valence-corrected chi connectivity index (χ1v) is 8.42. The van der Waals surface area contributed by atoms with Gasteiger partial charge in [0.25, 0.3) is 0 Å². The number of anilines is 1. The molecular weight excluding hydrogens is 329 g/mol. The Balaban J connectivity index is 1.60. The van der Waals surface area contributed by atoms with E-state index >= 15 is 0 Å². The summed E-state index contributed by atoms with van der Waals surface area (Å²) in [5, 5.41) is 2.82. The van der Waals surface area contributed by atoms with Crippen molar-refractivity contribution in [3.63, 3.8) is 0 Å². The smallest absolute Gasteiger partial charge is 0.228 e. The van der Waals surface area contributed by atoms with Gasteiger partial charge in [-0.15, -0.1) is 0 Å². The number of carbonyl (C=O) groups excluding carboxylic acids is 1. The Morgan fingerprint density at radius 3 is 2.50 bits per heavy atom. The maximum atomic E-state index is 13.1. The van der Waals surface area contributed by atoms with Gasteiger partial charge in [0.1, 0.15) is 18.2 Å². The van der Waals surface area contributed by atoms with Gasteiger partial charge in [0, 0.05) is 5.69 Å². The zero-order valence-corrected chi connectivity index (χ0v) is 14.5. The molecule has 0 fully saturated rings. The van der Waals surface area contributed by atoms with Gasteiger partial charge in [-0.25, -0.2) is 4.39 Å². The van der Waals surface area contributed by atoms with E-state index in [1.54, 1.807) is 13.0 Å². The summed E-state index contributed by atoms with van der Waals surface area (Å²) in [6.45, 7) is 2.24. The molecule has 0 radical (unpaired) electrons. The van der Waals surface area contributed by atoms with Gasteiger partial charge in [0.05, 0.1) is 6.42 Å². The van der Waals surface area contributed by atoms with Gasteiger partial charge in [0.15, 0.2) is 0 Å². The van der Waals surface area contributed by atoms with E-state index in [2.05, 4.69) is 5.32 Å². The molecule has 0 spiro atoms. The molecule has 0 saturated heterocycles. The minimum absolute atomic E-state index is 0.153. The third-order valence-corrected chi connectivity index (χ3v) is 3.97. The Labute approximate surface area is 152 Å². The highest BCUT2D eigenvalue weighted by molar-refractivity contribution is 5.93. The van der Waals surface area contributed by atoms with Crippen LogP contribution in [-0.4, -0.2) is 5.91 Å². The number of benzene rings is 3. The molecule has 4 heteroatoms. The summed E-state index contributed by atoms with van der Waals surface area (Å²) < 4.78 is 18.9. The van der Waals surface area contributed by atoms with E-state index in [1.807, 2.05) is 54.6 Å². The Hall–Kier alpha value is -3.14. The zero-order valence-electron chi connectivity index (χ0n) is 14.5. The lowest BCUT2D eigenvalue weighted by Crippen LogP contribution is -2.15. The number of carbonyl (C=O) groups is 1. The number of nitrogens with one attached hydrogen (secondary N) is 1. The fourth-order valence-corrected chi connectivity index (χ4v) is 2.63. The van der Waals surface area contributed by atoms with Crippen LogP contribution in [0.2, 0.25) is 0 Å². The zero-order chi connectivity index (χ0) is 18.4. The maximum Gasteiger partial charge on any atom is 0.228 e. The van der Waals surface area contributed by atoms with Crippen LogP contribution in [0.25, 0.3) is 0 Å². The molecule has 0 bridgehead atoms. The second-order valence-corrected chi connectivity index (χ2v) is 6.11. The first-order valence-electron chi connectivity index (χ1n) is 8.42. The SMILES string of the molecule is Cc1cc(F)ccc1NC(=O)Cc1cccc(OCc2ccccc2)c1.